The van der Waals surface area contributed by atoms with Gasteiger partial charge in [-0.3, -0.25) is 4.79 Å². The van der Waals surface area contributed by atoms with Gasteiger partial charge in [0.05, 0.1) is 11.6 Å². The highest BCUT2D eigenvalue weighted by molar-refractivity contribution is 9.08. The smallest absolute Gasteiger partial charge is 0.516 e. The maximum atomic E-state index is 10.4. The van der Waals surface area contributed by atoms with Crippen molar-refractivity contribution >= 4 is 22.4 Å². The van der Waals surface area contributed by atoms with Crippen LogP contribution < -0.4 is 23.3 Å². The SMILES string of the molecule is C=CO.Cc1oc(=O)oc1C.Cc1oc(=O)oc1CBr.Cc1oc(=O)oc1CO.Cc1oc(=O)oc1COC=O. The molecule has 0 radical (unpaired) electrons. The zero-order chi connectivity index (χ0) is 30.8. The largest absolute Gasteiger partial charge is 0.519 e. The average Bonchev–Trinajstić information content (AvgIpc) is 3.59. The molecule has 0 unspecified atom stereocenters. The third-order valence-corrected chi connectivity index (χ3v) is 4.53. The number of aryl methyl sites for hydroxylation is 5. The number of ether oxygens (including phenoxy) is 1. The van der Waals surface area contributed by atoms with Gasteiger partial charge in [-0.05, 0) is 34.6 Å². The van der Waals surface area contributed by atoms with E-state index in [2.05, 4.69) is 62.6 Å². The second kappa shape index (κ2) is 18.7. The molecule has 0 aliphatic rings. The van der Waals surface area contributed by atoms with Crippen molar-refractivity contribution < 1.29 is 55.1 Å². The molecule has 0 amide bonds. The molecule has 0 saturated carbocycles. The summed E-state index contributed by atoms with van der Waals surface area (Å²) in [5.74, 6) is 0.480. The molecule has 0 saturated heterocycles. The van der Waals surface area contributed by atoms with Crippen molar-refractivity contribution in [1.82, 2.24) is 0 Å². The minimum Gasteiger partial charge on any atom is -0.516 e. The molecule has 4 heterocycles. The van der Waals surface area contributed by atoms with Gasteiger partial charge in [-0.1, -0.05) is 22.5 Å². The van der Waals surface area contributed by atoms with E-state index in [1.54, 1.807) is 34.6 Å². The van der Waals surface area contributed by atoms with Crippen LogP contribution in [-0.4, -0.2) is 16.7 Å². The highest BCUT2D eigenvalue weighted by Gasteiger charge is 2.07. The number of halogens is 1. The summed E-state index contributed by atoms with van der Waals surface area (Å²) < 4.78 is 40.3. The highest BCUT2D eigenvalue weighted by Crippen LogP contribution is 2.08. The molecule has 0 atom stereocenters. The molecule has 0 fully saturated rings. The molecule has 0 aromatic carbocycles. The van der Waals surface area contributed by atoms with E-state index >= 15 is 0 Å². The summed E-state index contributed by atoms with van der Waals surface area (Å²) in [6, 6.07) is 0. The van der Waals surface area contributed by atoms with E-state index in [-0.39, 0.29) is 31.2 Å². The van der Waals surface area contributed by atoms with Crippen LogP contribution in [-0.2, 0) is 28.1 Å². The number of aliphatic hydroxyl groups excluding tert-OH is 2. The lowest BCUT2D eigenvalue weighted by atomic mass is 10.4. The lowest BCUT2D eigenvalue weighted by Crippen LogP contribution is -1.90. The number of alkyl halides is 1. The van der Waals surface area contributed by atoms with Crippen molar-refractivity contribution in [2.75, 3.05) is 0 Å². The Morgan fingerprint density at radius 1 is 0.675 bits per heavy atom. The fourth-order valence-corrected chi connectivity index (χ4v) is 2.56. The first-order valence-electron chi connectivity index (χ1n) is 10.7. The number of carbonyl (C=O) groups is 1. The molecule has 2 N–H and O–H groups in total. The van der Waals surface area contributed by atoms with Gasteiger partial charge < -0.3 is 50.3 Å². The van der Waals surface area contributed by atoms with Crippen LogP contribution >= 0.6 is 15.9 Å². The van der Waals surface area contributed by atoms with E-state index < -0.39 is 23.3 Å². The fourth-order valence-electron chi connectivity index (χ4n) is 2.05. The lowest BCUT2D eigenvalue weighted by molar-refractivity contribution is -0.130. The van der Waals surface area contributed by atoms with Crippen molar-refractivity contribution in [2.24, 2.45) is 0 Å². The standard InChI is InChI=1S/C6H6O5.C5H5BrO3.C5H6O4.C5H6O3.C2H4O/c1-4-5(2-9-3-7)11-6(8)10-4;2*1-3-4(2-6)9-5(7)8-3;1-3-4(2)8-5(6)7-3;1-2-3/h3H,2H2,1H3;2H2,1H3;6H,2H2,1H3;1-2H3;2-3H,1H2. The van der Waals surface area contributed by atoms with E-state index in [1.165, 1.54) is 0 Å². The van der Waals surface area contributed by atoms with Crippen molar-refractivity contribution in [3.8, 4) is 0 Å². The molecule has 222 valence electrons. The van der Waals surface area contributed by atoms with Crippen molar-refractivity contribution in [2.45, 2.75) is 53.2 Å². The third-order valence-electron chi connectivity index (χ3n) is 4.02. The Morgan fingerprint density at radius 3 is 1.20 bits per heavy atom. The first-order chi connectivity index (χ1) is 18.8. The van der Waals surface area contributed by atoms with Gasteiger partial charge in [0.1, 0.15) is 29.6 Å². The van der Waals surface area contributed by atoms with E-state index in [1.807, 2.05) is 0 Å². The molecular weight excluding hydrogens is 612 g/mol. The number of hydrogen-bond acceptors (Lipinski definition) is 16. The van der Waals surface area contributed by atoms with E-state index in [4.69, 9.17) is 10.2 Å². The predicted octanol–water partition coefficient (Wildman–Crippen LogP) is 3.22. The zero-order valence-corrected chi connectivity index (χ0v) is 23.6. The maximum Gasteiger partial charge on any atom is 0.519 e. The normalized spacial score (nSPS) is 9.38. The van der Waals surface area contributed by atoms with Gasteiger partial charge in [-0.25, -0.2) is 19.2 Å². The summed E-state index contributed by atoms with van der Waals surface area (Å²) in [7, 11) is 0. The van der Waals surface area contributed by atoms with Gasteiger partial charge in [-0.15, -0.1) is 0 Å². The summed E-state index contributed by atoms with van der Waals surface area (Å²) in [6.07, 6.45) is 0.750. The Kier molecular flexibility index (Phi) is 16.6. The Morgan fingerprint density at radius 2 is 1.00 bits per heavy atom. The van der Waals surface area contributed by atoms with Crippen molar-refractivity contribution in [1.29, 1.82) is 0 Å². The first-order valence-corrected chi connectivity index (χ1v) is 11.8. The third kappa shape index (κ3) is 13.3. The topological polar surface area (TPSA) is 240 Å². The van der Waals surface area contributed by atoms with Gasteiger partial charge in [0, 0.05) is 0 Å². The Hall–Kier alpha value is -4.51. The van der Waals surface area contributed by atoms with Gasteiger partial charge >= 0.3 is 23.3 Å². The molecule has 4 aromatic heterocycles. The molecule has 40 heavy (non-hydrogen) atoms. The van der Waals surface area contributed by atoms with Crippen LogP contribution in [0.2, 0.25) is 0 Å². The van der Waals surface area contributed by atoms with Crippen LogP contribution in [0.1, 0.15) is 46.1 Å². The van der Waals surface area contributed by atoms with Crippen LogP contribution in [0.3, 0.4) is 0 Å². The monoisotopic (exact) mass is 638 g/mol. The fraction of sp³-hybridized carbons (Fsp3) is 0.348. The first kappa shape index (κ1) is 35.5. The maximum absolute atomic E-state index is 10.4. The molecule has 4 rings (SSSR count). The summed E-state index contributed by atoms with van der Waals surface area (Å²) >= 11 is 3.13. The molecule has 0 bridgehead atoms. The van der Waals surface area contributed by atoms with Crippen LogP contribution in [0.15, 0.2) is 67.4 Å². The van der Waals surface area contributed by atoms with Crippen molar-refractivity contribution in [3.05, 3.63) is 101 Å². The molecule has 0 aliphatic carbocycles. The molecule has 4 aromatic rings. The average molecular weight is 639 g/mol. The van der Waals surface area contributed by atoms with Crippen LogP contribution in [0.5, 0.6) is 0 Å². The van der Waals surface area contributed by atoms with E-state index in [0.29, 0.717) is 39.9 Å². The molecule has 16 nitrogen and oxygen atoms in total. The summed E-state index contributed by atoms with van der Waals surface area (Å²) in [6.45, 7) is 11.0. The van der Waals surface area contributed by atoms with Gasteiger partial charge in [0.15, 0.2) is 29.6 Å². The number of carbonyl (C=O) groups excluding carboxylic acids is 1. The quantitative estimate of drug-likeness (QED) is 0.181. The number of aliphatic hydroxyl groups is 2. The van der Waals surface area contributed by atoms with Crippen molar-refractivity contribution in [3.63, 3.8) is 0 Å². The van der Waals surface area contributed by atoms with E-state index in [9.17, 15) is 24.0 Å². The molecule has 0 spiro atoms. The molecule has 17 heteroatoms. The number of hydrogen-bond donors (Lipinski definition) is 2. The van der Waals surface area contributed by atoms with Crippen LogP contribution in [0.4, 0.5) is 0 Å². The minimum absolute atomic E-state index is 0.0684. The Labute approximate surface area is 232 Å². The predicted molar refractivity (Wildman–Crippen MR) is 135 cm³/mol. The second-order valence-corrected chi connectivity index (χ2v) is 7.31. The van der Waals surface area contributed by atoms with Gasteiger partial charge in [0.25, 0.3) is 6.47 Å². The summed E-state index contributed by atoms with van der Waals surface area (Å²) in [5.41, 5.74) is 0. The summed E-state index contributed by atoms with van der Waals surface area (Å²) in [5, 5.41) is 16.3. The molecular formula is C23H27BrO16. The Bertz CT molecular complexity index is 1440. The Balaban J connectivity index is 0.000000493. The zero-order valence-electron chi connectivity index (χ0n) is 22.0. The highest BCUT2D eigenvalue weighted by atomic mass is 79.9. The van der Waals surface area contributed by atoms with E-state index in [0.717, 1.165) is 6.26 Å². The van der Waals surface area contributed by atoms with Crippen LogP contribution in [0, 0.1) is 34.6 Å². The summed E-state index contributed by atoms with van der Waals surface area (Å²) in [4.78, 5) is 50.8. The van der Waals surface area contributed by atoms with Gasteiger partial charge in [-0.2, -0.15) is 0 Å². The van der Waals surface area contributed by atoms with Gasteiger partial charge in [0.2, 0.25) is 0 Å². The second-order valence-electron chi connectivity index (χ2n) is 6.75. The minimum atomic E-state index is -0.785. The van der Waals surface area contributed by atoms with Crippen LogP contribution in [0.25, 0.3) is 0 Å². The number of rotatable bonds is 5. The lowest BCUT2D eigenvalue weighted by Gasteiger charge is -1.91. The molecule has 0 aliphatic heterocycles.